The van der Waals surface area contributed by atoms with Crippen molar-refractivity contribution in [1.82, 2.24) is 25.0 Å². The van der Waals surface area contributed by atoms with Crippen molar-refractivity contribution in [3.63, 3.8) is 0 Å². The number of hydrogen-bond donors (Lipinski definition) is 1. The number of carbonyl (C=O) groups excluding carboxylic acids is 2. The number of thiophene rings is 1. The zero-order valence-corrected chi connectivity index (χ0v) is 27.0. The molecule has 0 saturated carbocycles. The molecule has 0 spiro atoms. The fourth-order valence-electron chi connectivity index (χ4n) is 5.89. The number of pyridine rings is 1. The van der Waals surface area contributed by atoms with E-state index in [0.29, 0.717) is 40.4 Å². The second-order valence-electron chi connectivity index (χ2n) is 11.1. The predicted octanol–water partition coefficient (Wildman–Crippen LogP) is 6.17. The summed E-state index contributed by atoms with van der Waals surface area (Å²) in [5.41, 5.74) is 4.38. The fourth-order valence-corrected chi connectivity index (χ4v) is 6.84. The average molecular weight is 658 g/mol. The summed E-state index contributed by atoms with van der Waals surface area (Å²) in [4.78, 5) is 31.4. The van der Waals surface area contributed by atoms with Gasteiger partial charge in [-0.05, 0) is 36.1 Å². The first kappa shape index (κ1) is 32.0. The molecule has 0 saturated heterocycles. The standard InChI is InChI=1S/C35H33F2N5O4S/c1-5-30(44)41-11-12-42-27(20(41)2)19-26(40-42)34-32(31-25(37)17-23(36)18-28(31)46-14-13-45-4)35-24(10-15-47-35)33(39-34)22-8-6-21(7-9-22)16-29(43)38-3/h5-10,15,17-20H,1,11-14,16H2,2-4H3,(H,38,43)/t20-/m1/s1. The van der Waals surface area contributed by atoms with Gasteiger partial charge in [0.05, 0.1) is 42.6 Å². The van der Waals surface area contributed by atoms with Crippen LogP contribution in [0.15, 0.2) is 66.6 Å². The van der Waals surface area contributed by atoms with E-state index in [1.54, 1.807) is 11.9 Å². The van der Waals surface area contributed by atoms with Crippen LogP contribution < -0.4 is 10.1 Å². The highest BCUT2D eigenvalue weighted by molar-refractivity contribution is 7.18. The molecule has 3 aromatic heterocycles. The number of fused-ring (bicyclic) bond motifs is 2. The van der Waals surface area contributed by atoms with E-state index >= 15 is 4.39 Å². The van der Waals surface area contributed by atoms with Gasteiger partial charge in [-0.3, -0.25) is 14.3 Å². The van der Waals surface area contributed by atoms with E-state index in [1.165, 1.54) is 24.5 Å². The van der Waals surface area contributed by atoms with Crippen molar-refractivity contribution in [3.8, 4) is 39.5 Å². The molecule has 0 bridgehead atoms. The number of ether oxygens (including phenoxy) is 2. The SMILES string of the molecule is C=CC(=O)N1CCn2nc(-c3nc(-c4ccc(CC(=O)NC)cc4)c4ccsc4c3-c3c(F)cc(F)cc3OCCOC)cc2[C@H]1C. The van der Waals surface area contributed by atoms with Crippen molar-refractivity contribution < 1.29 is 27.8 Å². The fraction of sp³-hybridized carbons (Fsp3) is 0.257. The lowest BCUT2D eigenvalue weighted by Gasteiger charge is -2.33. The lowest BCUT2D eigenvalue weighted by atomic mass is 9.96. The van der Waals surface area contributed by atoms with Crippen molar-refractivity contribution in [1.29, 1.82) is 0 Å². The van der Waals surface area contributed by atoms with Crippen molar-refractivity contribution in [2.24, 2.45) is 0 Å². The Hall–Kier alpha value is -4.94. The number of nitrogens with one attached hydrogen (secondary N) is 1. The van der Waals surface area contributed by atoms with E-state index in [4.69, 9.17) is 19.6 Å². The maximum absolute atomic E-state index is 16.0. The van der Waals surface area contributed by atoms with Crippen LogP contribution in [0.3, 0.4) is 0 Å². The number of aromatic nitrogens is 3. The van der Waals surface area contributed by atoms with Crippen LogP contribution >= 0.6 is 11.3 Å². The first-order valence-electron chi connectivity index (χ1n) is 15.1. The third kappa shape index (κ3) is 6.13. The van der Waals surface area contributed by atoms with Crippen LogP contribution in [0.2, 0.25) is 0 Å². The van der Waals surface area contributed by atoms with Gasteiger partial charge in [0.15, 0.2) is 0 Å². The Labute approximate surface area is 274 Å². The monoisotopic (exact) mass is 657 g/mol. The van der Waals surface area contributed by atoms with Crippen LogP contribution in [0.4, 0.5) is 8.78 Å². The smallest absolute Gasteiger partial charge is 0.246 e. The number of hydrogen-bond acceptors (Lipinski definition) is 7. The Kier molecular flexibility index (Phi) is 9.15. The molecule has 4 heterocycles. The van der Waals surface area contributed by atoms with E-state index in [9.17, 15) is 14.0 Å². The van der Waals surface area contributed by atoms with Gasteiger partial charge in [-0.25, -0.2) is 13.8 Å². The molecule has 2 aromatic carbocycles. The summed E-state index contributed by atoms with van der Waals surface area (Å²) in [5, 5.41) is 10.2. The van der Waals surface area contributed by atoms with Crippen molar-refractivity contribution in [2.45, 2.75) is 25.9 Å². The molecule has 0 fully saturated rings. The number of halogens is 2. The first-order chi connectivity index (χ1) is 22.7. The average Bonchev–Trinajstić information content (AvgIpc) is 3.73. The Morgan fingerprint density at radius 1 is 1.09 bits per heavy atom. The summed E-state index contributed by atoms with van der Waals surface area (Å²) in [6.45, 7) is 6.75. The van der Waals surface area contributed by atoms with Gasteiger partial charge < -0.3 is 19.7 Å². The quantitative estimate of drug-likeness (QED) is 0.142. The first-order valence-corrected chi connectivity index (χ1v) is 15.9. The third-order valence-electron chi connectivity index (χ3n) is 8.25. The lowest BCUT2D eigenvalue weighted by Crippen LogP contribution is -2.40. The molecule has 0 radical (unpaired) electrons. The number of nitrogens with zero attached hydrogens (tertiary/aromatic N) is 4. The summed E-state index contributed by atoms with van der Waals surface area (Å²) in [6.07, 6.45) is 1.53. The molecule has 12 heteroatoms. The molecule has 242 valence electrons. The molecule has 1 atom stereocenters. The second kappa shape index (κ2) is 13.4. The predicted molar refractivity (Wildman–Crippen MR) is 177 cm³/mol. The third-order valence-corrected chi connectivity index (χ3v) is 9.18. The van der Waals surface area contributed by atoms with E-state index in [-0.39, 0.29) is 48.8 Å². The Morgan fingerprint density at radius 3 is 2.60 bits per heavy atom. The molecule has 6 rings (SSSR count). The molecule has 0 aliphatic carbocycles. The molecule has 47 heavy (non-hydrogen) atoms. The van der Waals surface area contributed by atoms with E-state index in [2.05, 4.69) is 11.9 Å². The van der Waals surface area contributed by atoms with Crippen molar-refractivity contribution in [3.05, 3.63) is 89.5 Å². The summed E-state index contributed by atoms with van der Waals surface area (Å²) < 4.78 is 44.2. The number of amides is 2. The molecule has 9 nitrogen and oxygen atoms in total. The largest absolute Gasteiger partial charge is 0.490 e. The topological polar surface area (TPSA) is 98.6 Å². The Bertz CT molecular complexity index is 1990. The molecule has 0 unspecified atom stereocenters. The van der Waals surface area contributed by atoms with Crippen LogP contribution in [-0.4, -0.2) is 65.4 Å². The summed E-state index contributed by atoms with van der Waals surface area (Å²) in [5.74, 6) is -1.84. The minimum absolute atomic E-state index is 0.0173. The molecule has 1 aliphatic rings. The van der Waals surface area contributed by atoms with E-state index in [1.807, 2.05) is 53.4 Å². The zero-order valence-electron chi connectivity index (χ0n) is 26.2. The van der Waals surface area contributed by atoms with Crippen LogP contribution in [0.25, 0.3) is 43.9 Å². The van der Waals surface area contributed by atoms with E-state index in [0.717, 1.165) is 34.3 Å². The maximum Gasteiger partial charge on any atom is 0.246 e. The minimum atomic E-state index is -0.804. The zero-order chi connectivity index (χ0) is 33.2. The molecule has 2 amide bonds. The minimum Gasteiger partial charge on any atom is -0.490 e. The van der Waals surface area contributed by atoms with Gasteiger partial charge in [-0.1, -0.05) is 30.8 Å². The van der Waals surface area contributed by atoms with E-state index < -0.39 is 11.6 Å². The van der Waals surface area contributed by atoms with Gasteiger partial charge in [-0.15, -0.1) is 11.3 Å². The van der Waals surface area contributed by atoms with Gasteiger partial charge in [0.2, 0.25) is 11.8 Å². The highest BCUT2D eigenvalue weighted by atomic mass is 32.1. The van der Waals surface area contributed by atoms with Gasteiger partial charge in [-0.2, -0.15) is 5.10 Å². The number of rotatable bonds is 10. The van der Waals surface area contributed by atoms with Crippen LogP contribution in [0, 0.1) is 11.6 Å². The molecule has 1 aliphatic heterocycles. The van der Waals surface area contributed by atoms with Gasteiger partial charge >= 0.3 is 0 Å². The molecule has 5 aromatic rings. The number of carbonyl (C=O) groups is 2. The number of methoxy groups -OCH3 is 1. The van der Waals surface area contributed by atoms with Crippen molar-refractivity contribution >= 4 is 33.2 Å². The highest BCUT2D eigenvalue weighted by Gasteiger charge is 2.31. The van der Waals surface area contributed by atoms with Crippen LogP contribution in [0.1, 0.15) is 24.2 Å². The number of likely N-dealkylation sites (N-methyl/N-ethyl adjacent to an activating group) is 1. The number of benzene rings is 2. The van der Waals surface area contributed by atoms with Crippen LogP contribution in [0.5, 0.6) is 5.75 Å². The molecular formula is C35H33F2N5O4S. The summed E-state index contributed by atoms with van der Waals surface area (Å²) >= 11 is 1.40. The molecule has 1 N–H and O–H groups in total. The van der Waals surface area contributed by atoms with Gasteiger partial charge in [0, 0.05) is 54.0 Å². The maximum atomic E-state index is 16.0. The highest BCUT2D eigenvalue weighted by Crippen LogP contribution is 2.47. The summed E-state index contributed by atoms with van der Waals surface area (Å²) in [6, 6.07) is 13.0. The van der Waals surface area contributed by atoms with Crippen LogP contribution in [-0.2, 0) is 27.3 Å². The lowest BCUT2D eigenvalue weighted by molar-refractivity contribution is -0.129. The van der Waals surface area contributed by atoms with Crippen molar-refractivity contribution in [2.75, 3.05) is 33.9 Å². The summed E-state index contributed by atoms with van der Waals surface area (Å²) in [7, 11) is 3.11. The Morgan fingerprint density at radius 2 is 1.87 bits per heavy atom. The second-order valence-corrected chi connectivity index (χ2v) is 12.0. The molecular weight excluding hydrogens is 624 g/mol. The Balaban J connectivity index is 1.59. The van der Waals surface area contributed by atoms with Gasteiger partial charge in [0.1, 0.15) is 35.4 Å². The van der Waals surface area contributed by atoms with Gasteiger partial charge in [0.25, 0.3) is 0 Å². The normalized spacial score (nSPS) is 14.2.